The molecule has 232 valence electrons. The summed E-state index contributed by atoms with van der Waals surface area (Å²) < 4.78 is 25.1. The number of ether oxygens (including phenoxy) is 4. The summed E-state index contributed by atoms with van der Waals surface area (Å²) in [6, 6.07) is 22.0. The van der Waals surface area contributed by atoms with Crippen LogP contribution < -0.4 is 5.32 Å². The maximum Gasteiger partial charge on any atom is 0.255 e. The molecule has 9 heteroatoms. The lowest BCUT2D eigenvalue weighted by molar-refractivity contribution is -0.278. The number of hydrogen-bond donors (Lipinski definition) is 2. The monoisotopic (exact) mass is 600 g/mol. The fourth-order valence-electron chi connectivity index (χ4n) is 6.29. The van der Waals surface area contributed by atoms with Gasteiger partial charge in [0.1, 0.15) is 0 Å². The fraction of sp³-hybridized carbons (Fsp3) is 0.429. The second kappa shape index (κ2) is 13.3. The number of amides is 1. The average molecular weight is 601 g/mol. The van der Waals surface area contributed by atoms with Gasteiger partial charge in [-0.15, -0.1) is 0 Å². The van der Waals surface area contributed by atoms with Gasteiger partial charge in [0.05, 0.1) is 32.0 Å². The van der Waals surface area contributed by atoms with Crippen LogP contribution in [0.4, 0.5) is 5.69 Å². The maximum atomic E-state index is 13.2. The number of aliphatic hydroxyl groups excluding tert-OH is 1. The highest BCUT2D eigenvalue weighted by Gasteiger charge is 2.43. The molecule has 9 nitrogen and oxygen atoms in total. The molecule has 0 saturated carbocycles. The first kappa shape index (κ1) is 30.6. The SMILES string of the molecule is CC(=O)c1cccc(NC(=O)c2cccc(C3OC(CN4CCC5(CC4)OCCO5)C(C)C(c4ccc(CO)cc4)O3)c2)c1. The molecular weight excluding hydrogens is 560 g/mol. The molecule has 3 aliphatic rings. The summed E-state index contributed by atoms with van der Waals surface area (Å²) in [5.74, 6) is -0.750. The molecule has 3 saturated heterocycles. The summed E-state index contributed by atoms with van der Waals surface area (Å²) in [6.45, 7) is 7.38. The van der Waals surface area contributed by atoms with Crippen molar-refractivity contribution >= 4 is 17.4 Å². The Morgan fingerprint density at radius 3 is 2.32 bits per heavy atom. The molecule has 0 aromatic heterocycles. The van der Waals surface area contributed by atoms with E-state index >= 15 is 0 Å². The van der Waals surface area contributed by atoms with Gasteiger partial charge in [0.15, 0.2) is 17.9 Å². The standard InChI is InChI=1S/C35H40N2O7/c1-23-31(21-37-15-13-35(14-16-37)41-17-18-42-35)43-34(44-32(23)26-11-9-25(22-38)10-12-26)29-7-3-6-28(19-29)33(40)36-30-8-4-5-27(20-30)24(2)39/h3-12,19-20,23,31-32,34,38H,13-18,21-22H2,1-2H3,(H,36,40). The fourth-order valence-corrected chi connectivity index (χ4v) is 6.29. The van der Waals surface area contributed by atoms with Crippen molar-refractivity contribution in [3.63, 3.8) is 0 Å². The summed E-state index contributed by atoms with van der Waals surface area (Å²) in [4.78, 5) is 27.4. The lowest BCUT2D eigenvalue weighted by Crippen LogP contribution is -2.50. The second-order valence-electron chi connectivity index (χ2n) is 11.9. The number of Topliss-reactive ketones (excluding diaryl/α,β-unsaturated/α-hetero) is 1. The lowest BCUT2D eigenvalue weighted by atomic mass is 9.89. The minimum Gasteiger partial charge on any atom is -0.392 e. The van der Waals surface area contributed by atoms with E-state index < -0.39 is 12.1 Å². The number of piperidine rings is 1. The smallest absolute Gasteiger partial charge is 0.255 e. The molecule has 3 aromatic carbocycles. The van der Waals surface area contributed by atoms with Crippen molar-refractivity contribution in [3.05, 3.63) is 101 Å². The Hall–Kier alpha value is -3.44. The Bertz CT molecular complexity index is 1460. The number of hydrogen-bond acceptors (Lipinski definition) is 8. The van der Waals surface area contributed by atoms with E-state index in [2.05, 4.69) is 17.1 Å². The number of nitrogens with zero attached hydrogens (tertiary/aromatic N) is 1. The zero-order valence-corrected chi connectivity index (χ0v) is 25.2. The molecule has 3 heterocycles. The minimum absolute atomic E-state index is 0.0203. The third kappa shape index (κ3) is 6.78. The van der Waals surface area contributed by atoms with E-state index in [-0.39, 0.29) is 36.4 Å². The van der Waals surface area contributed by atoms with E-state index in [9.17, 15) is 14.7 Å². The van der Waals surface area contributed by atoms with Crippen molar-refractivity contribution in [3.8, 4) is 0 Å². The molecule has 3 aliphatic heterocycles. The molecule has 2 N–H and O–H groups in total. The van der Waals surface area contributed by atoms with Crippen molar-refractivity contribution < 1.29 is 33.6 Å². The first-order valence-electron chi connectivity index (χ1n) is 15.4. The van der Waals surface area contributed by atoms with Gasteiger partial charge in [-0.2, -0.15) is 0 Å². The van der Waals surface area contributed by atoms with Crippen molar-refractivity contribution in [2.45, 2.75) is 57.6 Å². The molecule has 3 fully saturated rings. The summed E-state index contributed by atoms with van der Waals surface area (Å²) in [5, 5.41) is 12.5. The van der Waals surface area contributed by atoms with Crippen LogP contribution in [0.1, 0.15) is 76.5 Å². The van der Waals surface area contributed by atoms with Crippen LogP contribution in [0.3, 0.4) is 0 Å². The molecular formula is C35H40N2O7. The number of aliphatic hydroxyl groups is 1. The van der Waals surface area contributed by atoms with Gasteiger partial charge >= 0.3 is 0 Å². The molecule has 1 spiro atoms. The first-order chi connectivity index (χ1) is 21.3. The van der Waals surface area contributed by atoms with E-state index in [0.717, 1.165) is 49.2 Å². The van der Waals surface area contributed by atoms with Crippen LogP contribution >= 0.6 is 0 Å². The number of benzene rings is 3. The van der Waals surface area contributed by atoms with Crippen LogP contribution in [0.15, 0.2) is 72.8 Å². The van der Waals surface area contributed by atoms with Crippen LogP contribution in [0.5, 0.6) is 0 Å². The Morgan fingerprint density at radius 1 is 0.909 bits per heavy atom. The molecule has 1 amide bonds. The lowest BCUT2D eigenvalue weighted by Gasteiger charge is -2.44. The third-order valence-electron chi connectivity index (χ3n) is 8.94. The van der Waals surface area contributed by atoms with Gasteiger partial charge in [0.25, 0.3) is 5.91 Å². The highest BCUT2D eigenvalue weighted by Crippen LogP contribution is 2.42. The zero-order chi connectivity index (χ0) is 30.7. The highest BCUT2D eigenvalue weighted by molar-refractivity contribution is 6.05. The Kier molecular flexibility index (Phi) is 9.23. The van der Waals surface area contributed by atoms with Gasteiger partial charge in [0, 0.05) is 60.8 Å². The van der Waals surface area contributed by atoms with Crippen molar-refractivity contribution in [2.24, 2.45) is 5.92 Å². The number of carbonyl (C=O) groups is 2. The normalized spacial score (nSPS) is 25.2. The summed E-state index contributed by atoms with van der Waals surface area (Å²) in [7, 11) is 0. The summed E-state index contributed by atoms with van der Waals surface area (Å²) in [5.41, 5.74) is 4.14. The number of anilines is 1. The number of carbonyl (C=O) groups excluding carboxylic acids is 2. The zero-order valence-electron chi connectivity index (χ0n) is 25.2. The minimum atomic E-state index is -0.690. The van der Waals surface area contributed by atoms with Gasteiger partial charge in [-0.3, -0.25) is 9.59 Å². The Labute approximate surface area is 258 Å². The van der Waals surface area contributed by atoms with Gasteiger partial charge < -0.3 is 34.3 Å². The second-order valence-corrected chi connectivity index (χ2v) is 11.9. The average Bonchev–Trinajstić information content (AvgIpc) is 3.51. The van der Waals surface area contributed by atoms with Crippen LogP contribution in [-0.4, -0.2) is 66.4 Å². The number of likely N-dealkylation sites (tertiary alicyclic amines) is 1. The molecule has 4 atom stereocenters. The predicted octanol–water partition coefficient (Wildman–Crippen LogP) is 5.26. The molecule has 0 radical (unpaired) electrons. The van der Waals surface area contributed by atoms with E-state index in [4.69, 9.17) is 18.9 Å². The summed E-state index contributed by atoms with van der Waals surface area (Å²) in [6.07, 6.45) is 0.572. The maximum absolute atomic E-state index is 13.2. The predicted molar refractivity (Wildman–Crippen MR) is 164 cm³/mol. The molecule has 4 unspecified atom stereocenters. The Morgan fingerprint density at radius 2 is 1.61 bits per heavy atom. The number of nitrogens with one attached hydrogen (secondary N) is 1. The third-order valence-corrected chi connectivity index (χ3v) is 8.94. The van der Waals surface area contributed by atoms with Gasteiger partial charge in [-0.1, -0.05) is 55.5 Å². The Balaban J connectivity index is 1.21. The molecule has 3 aromatic rings. The highest BCUT2D eigenvalue weighted by atomic mass is 16.7. The molecule has 0 aliphatic carbocycles. The van der Waals surface area contributed by atoms with Crippen molar-refractivity contribution in [1.29, 1.82) is 0 Å². The van der Waals surface area contributed by atoms with E-state index in [1.807, 2.05) is 36.4 Å². The molecule has 6 rings (SSSR count). The number of ketones is 1. The quantitative estimate of drug-likeness (QED) is 0.337. The van der Waals surface area contributed by atoms with Crippen molar-refractivity contribution in [2.75, 3.05) is 38.2 Å². The number of rotatable bonds is 8. The van der Waals surface area contributed by atoms with Crippen LogP contribution in [-0.2, 0) is 25.6 Å². The van der Waals surface area contributed by atoms with Crippen LogP contribution in [0.25, 0.3) is 0 Å². The van der Waals surface area contributed by atoms with E-state index in [1.165, 1.54) is 6.92 Å². The van der Waals surface area contributed by atoms with Gasteiger partial charge in [-0.25, -0.2) is 0 Å². The topological polar surface area (TPSA) is 107 Å². The van der Waals surface area contributed by atoms with Crippen LogP contribution in [0.2, 0.25) is 0 Å². The molecule has 44 heavy (non-hydrogen) atoms. The van der Waals surface area contributed by atoms with E-state index in [1.54, 1.807) is 36.4 Å². The van der Waals surface area contributed by atoms with Gasteiger partial charge in [-0.05, 0) is 42.3 Å². The van der Waals surface area contributed by atoms with Crippen molar-refractivity contribution in [1.82, 2.24) is 4.90 Å². The molecule has 0 bridgehead atoms. The first-order valence-corrected chi connectivity index (χ1v) is 15.4. The van der Waals surface area contributed by atoms with Gasteiger partial charge in [0.2, 0.25) is 0 Å². The van der Waals surface area contributed by atoms with E-state index in [0.29, 0.717) is 30.0 Å². The van der Waals surface area contributed by atoms with Crippen LogP contribution in [0, 0.1) is 5.92 Å². The summed E-state index contributed by atoms with van der Waals surface area (Å²) >= 11 is 0. The largest absolute Gasteiger partial charge is 0.392 e.